The molecule has 0 aromatic heterocycles. The molecule has 1 aromatic carbocycles. The number of hydrogen-bond acceptors (Lipinski definition) is 0. The molecule has 0 aliphatic heterocycles. The third kappa shape index (κ3) is 5.25. The van der Waals surface area contributed by atoms with Crippen LogP contribution in [-0.2, 0) is 18.0 Å². The molecule has 0 atom stereocenters. The summed E-state index contributed by atoms with van der Waals surface area (Å²) in [6, 6.07) is 0.372. The van der Waals surface area contributed by atoms with E-state index in [4.69, 9.17) is 34.8 Å². The van der Waals surface area contributed by atoms with Gasteiger partial charge in [0.25, 0.3) is 0 Å². The fourth-order valence-corrected chi connectivity index (χ4v) is 3.22. The minimum atomic E-state index is -6.82. The minimum absolute atomic E-state index is 0.783. The zero-order chi connectivity index (χ0) is 23.4. The van der Waals surface area contributed by atoms with E-state index < -0.39 is 66.7 Å². The molecule has 1 radical (unpaired) electrons. The first kappa shape index (κ1) is 27.0. The predicted octanol–water partition coefficient (Wildman–Crippen LogP) is 7.95. The zero-order valence-corrected chi connectivity index (χ0v) is 17.3. The van der Waals surface area contributed by atoms with Crippen molar-refractivity contribution in [1.82, 2.24) is 0 Å². The second kappa shape index (κ2) is 7.84. The van der Waals surface area contributed by atoms with Gasteiger partial charge in [0, 0.05) is 27.2 Å². The van der Waals surface area contributed by atoms with Gasteiger partial charge in [0.05, 0.1) is 0 Å². The maximum absolute atomic E-state index is 14.5. The fraction of sp³-hybridized carbons (Fsp3) is 0.538. The highest BCUT2D eigenvalue weighted by Crippen LogP contribution is 2.56. The van der Waals surface area contributed by atoms with E-state index in [0.717, 1.165) is 22.6 Å². The van der Waals surface area contributed by atoms with Crippen LogP contribution in [0.1, 0.15) is 16.7 Å². The Morgan fingerprint density at radius 2 is 1.17 bits per heavy atom. The standard InChI is InChI=1S/C13H3Cl3F12I/c14-8(15,16)3-5-6(9(17,11(20,21)22)12(23,24)25)1-4(2-7(5)29)10(18,19)13(26,27)28/h1H,3H2. The maximum atomic E-state index is 14.5. The van der Waals surface area contributed by atoms with Gasteiger partial charge in [-0.05, 0) is 34.2 Å². The number of hydrogen-bond donors (Lipinski definition) is 0. The quantitative estimate of drug-likeness (QED) is 0.183. The summed E-state index contributed by atoms with van der Waals surface area (Å²) in [6.07, 6.45) is -21.5. The van der Waals surface area contributed by atoms with E-state index in [1.54, 1.807) is 0 Å². The van der Waals surface area contributed by atoms with Crippen molar-refractivity contribution in [2.45, 2.75) is 40.3 Å². The Morgan fingerprint density at radius 1 is 0.759 bits per heavy atom. The Kier molecular flexibility index (Phi) is 7.30. The average Bonchev–Trinajstić information content (AvgIpc) is 2.43. The van der Waals surface area contributed by atoms with Gasteiger partial charge in [-0.3, -0.25) is 0 Å². The van der Waals surface area contributed by atoms with Crippen LogP contribution in [0.2, 0.25) is 0 Å². The van der Waals surface area contributed by atoms with Crippen LogP contribution in [0.5, 0.6) is 0 Å². The summed E-state index contributed by atoms with van der Waals surface area (Å²) in [6.45, 7) is 0. The van der Waals surface area contributed by atoms with E-state index in [-0.39, 0.29) is 0 Å². The summed E-state index contributed by atoms with van der Waals surface area (Å²) < 4.78 is 154. The number of halogens is 16. The molecule has 0 saturated carbocycles. The van der Waals surface area contributed by atoms with Crippen LogP contribution < -0.4 is 0 Å². The lowest BCUT2D eigenvalue weighted by Gasteiger charge is -2.33. The van der Waals surface area contributed by atoms with Gasteiger partial charge in [-0.2, -0.15) is 48.3 Å². The second-order valence-electron chi connectivity index (χ2n) is 5.41. The first-order valence-electron chi connectivity index (χ1n) is 6.56. The van der Waals surface area contributed by atoms with Crippen molar-refractivity contribution in [2.24, 2.45) is 0 Å². The lowest BCUT2D eigenvalue weighted by atomic mass is 9.86. The predicted molar refractivity (Wildman–Crippen MR) is 86.8 cm³/mol. The smallest absolute Gasteiger partial charge is 0.218 e. The molecule has 0 heterocycles. The van der Waals surface area contributed by atoms with Crippen LogP contribution in [-0.4, -0.2) is 22.3 Å². The molecule has 1 rings (SSSR count). The molecule has 0 fully saturated rings. The van der Waals surface area contributed by atoms with Crippen molar-refractivity contribution in [3.8, 4) is 0 Å². The van der Waals surface area contributed by atoms with Crippen LogP contribution in [0, 0.1) is 9.64 Å². The lowest BCUT2D eigenvalue weighted by molar-refractivity contribution is -0.349. The SMILES string of the molecule is FC(F)(F)C(F)(F)c1[c]c(I)c(CC(Cl)(Cl)Cl)c(C(F)(C(F)(F)F)C(F)(F)F)c1. The molecular formula is C13H3Cl3F12I. The normalized spacial score (nSPS) is 15.0. The van der Waals surface area contributed by atoms with Crippen LogP contribution in [0.15, 0.2) is 6.07 Å². The number of benzene rings is 1. The van der Waals surface area contributed by atoms with Gasteiger partial charge in [-0.15, -0.1) is 0 Å². The molecule has 0 nitrogen and oxygen atoms in total. The largest absolute Gasteiger partial charge is 0.458 e. The van der Waals surface area contributed by atoms with Crippen LogP contribution in [0.3, 0.4) is 0 Å². The highest BCUT2D eigenvalue weighted by Gasteiger charge is 2.74. The van der Waals surface area contributed by atoms with Gasteiger partial charge in [-0.1, -0.05) is 34.8 Å². The summed E-state index contributed by atoms with van der Waals surface area (Å²) in [4.78, 5) is 0. The van der Waals surface area contributed by atoms with E-state index in [9.17, 15) is 52.7 Å². The van der Waals surface area contributed by atoms with Crippen molar-refractivity contribution < 1.29 is 52.7 Å². The number of alkyl halides is 15. The average molecular weight is 620 g/mol. The second-order valence-corrected chi connectivity index (χ2v) is 9.00. The van der Waals surface area contributed by atoms with Crippen molar-refractivity contribution in [3.63, 3.8) is 0 Å². The summed E-state index contributed by atoms with van der Waals surface area (Å²) in [7, 11) is 0. The topological polar surface area (TPSA) is 0 Å². The maximum Gasteiger partial charge on any atom is 0.458 e. The molecule has 0 aliphatic carbocycles. The molecule has 0 bridgehead atoms. The van der Waals surface area contributed by atoms with Gasteiger partial charge in [-0.25, -0.2) is 4.39 Å². The Labute approximate surface area is 182 Å². The van der Waals surface area contributed by atoms with Crippen LogP contribution in [0.4, 0.5) is 52.7 Å². The minimum Gasteiger partial charge on any atom is -0.218 e. The molecule has 167 valence electrons. The van der Waals surface area contributed by atoms with E-state index in [1.165, 1.54) is 6.07 Å². The fourth-order valence-electron chi connectivity index (χ4n) is 2.05. The molecule has 1 aromatic rings. The molecule has 16 heteroatoms. The highest BCUT2D eigenvalue weighted by atomic mass is 127. The van der Waals surface area contributed by atoms with Crippen molar-refractivity contribution in [3.05, 3.63) is 32.4 Å². The number of rotatable bonds is 3. The summed E-state index contributed by atoms with van der Waals surface area (Å²) in [5.41, 5.74) is -12.9. The Morgan fingerprint density at radius 3 is 1.48 bits per heavy atom. The molecule has 0 aliphatic rings. The summed E-state index contributed by atoms with van der Waals surface area (Å²) in [5.74, 6) is -5.96. The van der Waals surface area contributed by atoms with E-state index in [1.807, 2.05) is 0 Å². The van der Waals surface area contributed by atoms with Crippen LogP contribution in [0.25, 0.3) is 0 Å². The summed E-state index contributed by atoms with van der Waals surface area (Å²) in [5, 5.41) is 0. The molecular weight excluding hydrogens is 617 g/mol. The monoisotopic (exact) mass is 619 g/mol. The molecule has 0 saturated heterocycles. The third-order valence-corrected chi connectivity index (χ3v) is 4.67. The molecule has 0 spiro atoms. The Bertz CT molecular complexity index is 747. The van der Waals surface area contributed by atoms with Gasteiger partial charge in [0.2, 0.25) is 0 Å². The molecule has 0 amide bonds. The van der Waals surface area contributed by atoms with Gasteiger partial charge in [0.1, 0.15) is 0 Å². The first-order chi connectivity index (χ1) is 12.5. The van der Waals surface area contributed by atoms with Crippen LogP contribution >= 0.6 is 57.4 Å². The van der Waals surface area contributed by atoms with E-state index in [2.05, 4.69) is 0 Å². The highest BCUT2D eigenvalue weighted by molar-refractivity contribution is 14.1. The molecule has 0 N–H and O–H groups in total. The zero-order valence-electron chi connectivity index (χ0n) is 12.8. The van der Waals surface area contributed by atoms with Crippen molar-refractivity contribution in [1.29, 1.82) is 0 Å². The first-order valence-corrected chi connectivity index (χ1v) is 8.77. The molecule has 0 unspecified atom stereocenters. The van der Waals surface area contributed by atoms with Crippen molar-refractivity contribution in [2.75, 3.05) is 0 Å². The molecule has 29 heavy (non-hydrogen) atoms. The third-order valence-electron chi connectivity index (χ3n) is 3.35. The van der Waals surface area contributed by atoms with Gasteiger partial charge in [0.15, 0.2) is 3.79 Å². The van der Waals surface area contributed by atoms with Crippen molar-refractivity contribution >= 4 is 57.4 Å². The lowest BCUT2D eigenvalue weighted by Crippen LogP contribution is -2.51. The Balaban J connectivity index is 4.08. The van der Waals surface area contributed by atoms with Gasteiger partial charge >= 0.3 is 30.1 Å². The van der Waals surface area contributed by atoms with E-state index in [0.29, 0.717) is 0 Å². The van der Waals surface area contributed by atoms with E-state index >= 15 is 0 Å². The van der Waals surface area contributed by atoms with Gasteiger partial charge < -0.3 is 0 Å². The Hall–Kier alpha value is -0.0200. The summed E-state index contributed by atoms with van der Waals surface area (Å²) >= 11 is 16.7.